The number of nitro benzene ring substituents is 1. The smallest absolute Gasteiger partial charge is 0.307 e. The van der Waals surface area contributed by atoms with Crippen molar-refractivity contribution >= 4 is 23.3 Å². The van der Waals surface area contributed by atoms with Crippen molar-refractivity contribution in [3.8, 4) is 11.3 Å². The number of carbonyl (C=O) groups is 1. The fraction of sp³-hybridized carbons (Fsp3) is 0.389. The number of carboxylic acids is 1. The first kappa shape index (κ1) is 18.4. The first-order chi connectivity index (χ1) is 12.3. The Kier molecular flexibility index (Phi) is 5.29. The Hall–Kier alpha value is -2.38. The van der Waals surface area contributed by atoms with Gasteiger partial charge in [-0.1, -0.05) is 18.5 Å². The lowest BCUT2D eigenvalue weighted by molar-refractivity contribution is -0.384. The lowest BCUT2D eigenvalue weighted by Crippen LogP contribution is -2.41. The molecule has 1 aliphatic heterocycles. The number of halogens is 1. The first-order valence-electron chi connectivity index (χ1n) is 8.31. The van der Waals surface area contributed by atoms with E-state index in [2.05, 4.69) is 4.90 Å². The predicted octanol–water partition coefficient (Wildman–Crippen LogP) is 4.05. The van der Waals surface area contributed by atoms with E-state index >= 15 is 0 Å². The summed E-state index contributed by atoms with van der Waals surface area (Å²) in [4.78, 5) is 23.7. The first-order valence-corrected chi connectivity index (χ1v) is 8.69. The van der Waals surface area contributed by atoms with Gasteiger partial charge in [-0.25, -0.2) is 0 Å². The fourth-order valence-electron chi connectivity index (χ4n) is 3.42. The summed E-state index contributed by atoms with van der Waals surface area (Å²) < 4.78 is 5.84. The van der Waals surface area contributed by atoms with Crippen LogP contribution in [0.1, 0.15) is 19.1 Å². The van der Waals surface area contributed by atoms with Gasteiger partial charge in [0.25, 0.3) is 5.69 Å². The number of benzene rings is 1. The van der Waals surface area contributed by atoms with Gasteiger partial charge in [-0.3, -0.25) is 19.8 Å². The molecule has 1 aromatic heterocycles. The standard InChI is InChI=1S/C18H19ClN2O5/c1-11-6-12(18(22)23)9-20(8-11)10-14-3-5-17(26-14)15-4-2-13(21(24)25)7-16(15)19/h2-5,7,11-12H,6,8-10H2,1H3,(H,22,23). The van der Waals surface area contributed by atoms with Crippen molar-refractivity contribution in [2.45, 2.75) is 19.9 Å². The summed E-state index contributed by atoms with van der Waals surface area (Å²) in [5, 5.41) is 20.3. The maximum absolute atomic E-state index is 11.3. The van der Waals surface area contributed by atoms with Crippen molar-refractivity contribution in [3.63, 3.8) is 0 Å². The molecule has 2 aromatic rings. The molecule has 7 nitrogen and oxygen atoms in total. The van der Waals surface area contributed by atoms with Gasteiger partial charge in [0.2, 0.25) is 0 Å². The number of aliphatic carboxylic acids is 1. The van der Waals surface area contributed by atoms with Crippen LogP contribution in [-0.2, 0) is 11.3 Å². The normalized spacial score (nSPS) is 20.8. The summed E-state index contributed by atoms with van der Waals surface area (Å²) in [6.07, 6.45) is 0.688. The molecule has 0 aliphatic carbocycles. The van der Waals surface area contributed by atoms with Crippen LogP contribution < -0.4 is 0 Å². The van der Waals surface area contributed by atoms with Gasteiger partial charge in [0.05, 0.1) is 22.4 Å². The maximum Gasteiger partial charge on any atom is 0.307 e. The van der Waals surface area contributed by atoms with Crippen LogP contribution in [0.4, 0.5) is 5.69 Å². The second kappa shape index (κ2) is 7.47. The Labute approximate surface area is 155 Å². The maximum atomic E-state index is 11.3. The average Bonchev–Trinajstić information content (AvgIpc) is 3.02. The van der Waals surface area contributed by atoms with Crippen molar-refractivity contribution in [3.05, 3.63) is 51.2 Å². The zero-order valence-electron chi connectivity index (χ0n) is 14.2. The lowest BCUT2D eigenvalue weighted by Gasteiger charge is -2.34. The number of non-ortho nitro benzene ring substituents is 1. The molecule has 1 aromatic carbocycles. The molecule has 2 heterocycles. The van der Waals surface area contributed by atoms with Crippen LogP contribution in [0.3, 0.4) is 0 Å². The molecule has 0 bridgehead atoms. The minimum absolute atomic E-state index is 0.0763. The Bertz CT molecular complexity index is 835. The van der Waals surface area contributed by atoms with Crippen molar-refractivity contribution in [1.82, 2.24) is 4.90 Å². The van der Waals surface area contributed by atoms with Gasteiger partial charge in [-0.15, -0.1) is 0 Å². The number of furan rings is 1. The Morgan fingerprint density at radius 2 is 2.15 bits per heavy atom. The number of piperidine rings is 1. The number of hydrogen-bond donors (Lipinski definition) is 1. The van der Waals surface area contributed by atoms with E-state index in [1.807, 2.05) is 13.0 Å². The van der Waals surface area contributed by atoms with Gasteiger partial charge in [-0.05, 0) is 30.5 Å². The molecule has 26 heavy (non-hydrogen) atoms. The molecule has 3 rings (SSSR count). The third-order valence-electron chi connectivity index (χ3n) is 4.55. The summed E-state index contributed by atoms with van der Waals surface area (Å²) >= 11 is 6.14. The van der Waals surface area contributed by atoms with Gasteiger partial charge in [0, 0.05) is 30.8 Å². The van der Waals surface area contributed by atoms with Crippen molar-refractivity contribution < 1.29 is 19.2 Å². The molecule has 0 amide bonds. The van der Waals surface area contributed by atoms with Gasteiger partial charge < -0.3 is 9.52 Å². The molecule has 2 atom stereocenters. The Morgan fingerprint density at radius 1 is 1.38 bits per heavy atom. The third kappa shape index (κ3) is 4.05. The third-order valence-corrected chi connectivity index (χ3v) is 4.87. The van der Waals surface area contributed by atoms with Gasteiger partial charge in [0.15, 0.2) is 0 Å². The Balaban J connectivity index is 1.74. The lowest BCUT2D eigenvalue weighted by atomic mass is 9.90. The van der Waals surface area contributed by atoms with Crippen LogP contribution >= 0.6 is 11.6 Å². The largest absolute Gasteiger partial charge is 0.481 e. The highest BCUT2D eigenvalue weighted by molar-refractivity contribution is 6.33. The van der Waals surface area contributed by atoms with Gasteiger partial charge >= 0.3 is 5.97 Å². The highest BCUT2D eigenvalue weighted by atomic mass is 35.5. The van der Waals surface area contributed by atoms with E-state index in [1.54, 1.807) is 12.1 Å². The van der Waals surface area contributed by atoms with E-state index < -0.39 is 10.9 Å². The number of nitro groups is 1. The summed E-state index contributed by atoms with van der Waals surface area (Å²) in [6.45, 7) is 3.87. The number of hydrogen-bond acceptors (Lipinski definition) is 5. The number of nitrogens with zero attached hydrogens (tertiary/aromatic N) is 2. The molecule has 2 unspecified atom stereocenters. The molecular formula is C18H19ClN2O5. The van der Waals surface area contributed by atoms with E-state index in [9.17, 15) is 20.0 Å². The topological polar surface area (TPSA) is 96.8 Å². The van der Waals surface area contributed by atoms with Crippen LogP contribution in [0.15, 0.2) is 34.7 Å². The van der Waals surface area contributed by atoms with Gasteiger partial charge in [0.1, 0.15) is 11.5 Å². The zero-order valence-corrected chi connectivity index (χ0v) is 15.0. The highest BCUT2D eigenvalue weighted by Gasteiger charge is 2.29. The summed E-state index contributed by atoms with van der Waals surface area (Å²) in [6, 6.07) is 7.83. The van der Waals surface area contributed by atoms with Crippen molar-refractivity contribution in [2.75, 3.05) is 13.1 Å². The van der Waals surface area contributed by atoms with E-state index in [0.717, 1.165) is 6.54 Å². The molecule has 8 heteroatoms. The van der Waals surface area contributed by atoms with Crippen LogP contribution in [0, 0.1) is 22.0 Å². The average molecular weight is 379 g/mol. The highest BCUT2D eigenvalue weighted by Crippen LogP contribution is 2.33. The molecule has 1 N–H and O–H groups in total. The minimum atomic E-state index is -0.764. The molecular weight excluding hydrogens is 360 g/mol. The SMILES string of the molecule is CC1CC(C(=O)O)CN(Cc2ccc(-c3ccc([N+](=O)[O-])cc3Cl)o2)C1. The molecule has 1 saturated heterocycles. The van der Waals surface area contributed by atoms with E-state index in [1.165, 1.54) is 12.1 Å². The van der Waals surface area contributed by atoms with E-state index in [4.69, 9.17) is 16.0 Å². The second-order valence-electron chi connectivity index (χ2n) is 6.76. The molecule has 0 spiro atoms. The molecule has 1 aliphatic rings. The van der Waals surface area contributed by atoms with Crippen LogP contribution in [0.5, 0.6) is 0 Å². The summed E-state index contributed by atoms with van der Waals surface area (Å²) in [7, 11) is 0. The molecule has 0 radical (unpaired) electrons. The minimum Gasteiger partial charge on any atom is -0.481 e. The zero-order chi connectivity index (χ0) is 18.8. The van der Waals surface area contributed by atoms with E-state index in [-0.39, 0.29) is 16.6 Å². The second-order valence-corrected chi connectivity index (χ2v) is 7.16. The number of rotatable bonds is 5. The fourth-order valence-corrected chi connectivity index (χ4v) is 3.68. The van der Waals surface area contributed by atoms with Crippen molar-refractivity contribution in [1.29, 1.82) is 0 Å². The van der Waals surface area contributed by atoms with Crippen molar-refractivity contribution in [2.24, 2.45) is 11.8 Å². The van der Waals surface area contributed by atoms with Crippen LogP contribution in [-0.4, -0.2) is 34.0 Å². The van der Waals surface area contributed by atoms with Crippen LogP contribution in [0.25, 0.3) is 11.3 Å². The quantitative estimate of drug-likeness (QED) is 0.622. The predicted molar refractivity (Wildman–Crippen MR) is 96.0 cm³/mol. The van der Waals surface area contributed by atoms with Crippen LogP contribution in [0.2, 0.25) is 5.02 Å². The number of carboxylic acid groups (broad SMARTS) is 1. The molecule has 138 valence electrons. The summed E-state index contributed by atoms with van der Waals surface area (Å²) in [5.74, 6) is 0.410. The number of likely N-dealkylation sites (tertiary alicyclic amines) is 1. The summed E-state index contributed by atoms with van der Waals surface area (Å²) in [5.41, 5.74) is 0.506. The Morgan fingerprint density at radius 3 is 2.81 bits per heavy atom. The molecule has 0 saturated carbocycles. The van der Waals surface area contributed by atoms with Gasteiger partial charge in [-0.2, -0.15) is 0 Å². The van der Waals surface area contributed by atoms with E-state index in [0.29, 0.717) is 42.5 Å². The molecule has 1 fully saturated rings. The monoisotopic (exact) mass is 378 g/mol.